The van der Waals surface area contributed by atoms with Crippen LogP contribution in [0.5, 0.6) is 0 Å². The van der Waals surface area contributed by atoms with E-state index in [0.29, 0.717) is 19.3 Å². The SMILES string of the molecule is CCC[C@@H](N[C@H](C)C(=O)N1[C@@H](C(=O)O)C[C@@H]2CCCC[C@@H]21)C(=O)O. The first-order valence-electron chi connectivity index (χ1n) is 8.90. The van der Waals surface area contributed by atoms with E-state index >= 15 is 0 Å². The molecule has 24 heavy (non-hydrogen) atoms. The average Bonchev–Trinajstić information content (AvgIpc) is 2.93. The lowest BCUT2D eigenvalue weighted by Crippen LogP contribution is -2.55. The van der Waals surface area contributed by atoms with Gasteiger partial charge in [-0.15, -0.1) is 0 Å². The van der Waals surface area contributed by atoms with E-state index < -0.39 is 30.1 Å². The van der Waals surface area contributed by atoms with Crippen LogP contribution in [0.3, 0.4) is 0 Å². The first-order chi connectivity index (χ1) is 11.4. The number of carbonyl (C=O) groups excluding carboxylic acids is 1. The van der Waals surface area contributed by atoms with E-state index in [1.165, 1.54) is 4.90 Å². The summed E-state index contributed by atoms with van der Waals surface area (Å²) in [6, 6.07) is -2.31. The molecular weight excluding hydrogens is 312 g/mol. The van der Waals surface area contributed by atoms with Gasteiger partial charge in [0.05, 0.1) is 6.04 Å². The molecule has 0 spiro atoms. The number of amides is 1. The maximum atomic E-state index is 12.9. The Kier molecular flexibility index (Phi) is 6.21. The summed E-state index contributed by atoms with van der Waals surface area (Å²) < 4.78 is 0. The van der Waals surface area contributed by atoms with Crippen molar-refractivity contribution in [2.45, 2.75) is 83.0 Å². The van der Waals surface area contributed by atoms with Crippen molar-refractivity contribution in [3.05, 3.63) is 0 Å². The molecule has 1 heterocycles. The molecule has 0 radical (unpaired) electrons. The van der Waals surface area contributed by atoms with Gasteiger partial charge in [0.15, 0.2) is 0 Å². The van der Waals surface area contributed by atoms with Gasteiger partial charge in [-0.3, -0.25) is 14.9 Å². The third-order valence-corrected chi connectivity index (χ3v) is 5.32. The van der Waals surface area contributed by atoms with Gasteiger partial charge in [0.1, 0.15) is 12.1 Å². The Labute approximate surface area is 142 Å². The minimum Gasteiger partial charge on any atom is -0.480 e. The van der Waals surface area contributed by atoms with Crippen LogP contribution in [0.25, 0.3) is 0 Å². The number of carbonyl (C=O) groups is 3. The fourth-order valence-electron chi connectivity index (χ4n) is 4.16. The summed E-state index contributed by atoms with van der Waals surface area (Å²) in [4.78, 5) is 37.3. The Bertz CT molecular complexity index is 495. The van der Waals surface area contributed by atoms with Crippen LogP contribution in [0.15, 0.2) is 0 Å². The van der Waals surface area contributed by atoms with Crippen molar-refractivity contribution in [1.82, 2.24) is 10.2 Å². The van der Waals surface area contributed by atoms with Crippen LogP contribution >= 0.6 is 0 Å². The summed E-state index contributed by atoms with van der Waals surface area (Å²) in [5.41, 5.74) is 0. The molecule has 3 N–H and O–H groups in total. The lowest BCUT2D eigenvalue weighted by Gasteiger charge is -2.35. The number of nitrogens with one attached hydrogen (secondary N) is 1. The van der Waals surface area contributed by atoms with Crippen LogP contribution in [0.1, 0.15) is 58.8 Å². The molecule has 0 aromatic carbocycles. The number of fused-ring (bicyclic) bond motifs is 1. The van der Waals surface area contributed by atoms with Gasteiger partial charge >= 0.3 is 11.9 Å². The van der Waals surface area contributed by atoms with Crippen molar-refractivity contribution in [1.29, 1.82) is 0 Å². The van der Waals surface area contributed by atoms with Crippen molar-refractivity contribution in [2.24, 2.45) is 5.92 Å². The largest absolute Gasteiger partial charge is 0.480 e. The first-order valence-corrected chi connectivity index (χ1v) is 8.90. The predicted molar refractivity (Wildman–Crippen MR) is 87.6 cm³/mol. The molecule has 2 aliphatic rings. The second-order valence-corrected chi connectivity index (χ2v) is 7.01. The van der Waals surface area contributed by atoms with Gasteiger partial charge in [-0.25, -0.2) is 4.79 Å². The number of aliphatic carboxylic acids is 2. The molecule has 1 aliphatic carbocycles. The van der Waals surface area contributed by atoms with E-state index in [9.17, 15) is 24.6 Å². The normalized spacial score (nSPS) is 28.9. The second-order valence-electron chi connectivity index (χ2n) is 7.01. The van der Waals surface area contributed by atoms with Crippen LogP contribution in [0.4, 0.5) is 0 Å². The Morgan fingerprint density at radius 1 is 1.21 bits per heavy atom. The first kappa shape index (κ1) is 18.7. The van der Waals surface area contributed by atoms with Crippen molar-refractivity contribution in [3.8, 4) is 0 Å². The summed E-state index contributed by atoms with van der Waals surface area (Å²) in [6.07, 6.45) is 5.53. The second kappa shape index (κ2) is 7.96. The lowest BCUT2D eigenvalue weighted by atomic mass is 9.84. The highest BCUT2D eigenvalue weighted by Gasteiger charge is 2.48. The standard InChI is InChI=1S/C17H28N2O5/c1-3-6-12(16(21)22)18-10(2)15(20)19-13-8-5-4-7-11(13)9-14(19)17(23)24/h10-14,18H,3-9H2,1-2H3,(H,21,22)(H,23,24)/t10-,11+,12-,13+,14-/m1/s1. The monoisotopic (exact) mass is 340 g/mol. The number of hydrogen-bond donors (Lipinski definition) is 3. The summed E-state index contributed by atoms with van der Waals surface area (Å²) in [5, 5.41) is 21.6. The zero-order chi connectivity index (χ0) is 17.9. The van der Waals surface area contributed by atoms with E-state index in [4.69, 9.17) is 0 Å². The molecular formula is C17H28N2O5. The molecule has 2 rings (SSSR count). The number of hydrogen-bond acceptors (Lipinski definition) is 4. The highest BCUT2D eigenvalue weighted by Crippen LogP contribution is 2.40. The third kappa shape index (κ3) is 3.88. The fraction of sp³-hybridized carbons (Fsp3) is 0.824. The van der Waals surface area contributed by atoms with Crippen LogP contribution in [-0.2, 0) is 14.4 Å². The van der Waals surface area contributed by atoms with E-state index in [0.717, 1.165) is 25.7 Å². The zero-order valence-electron chi connectivity index (χ0n) is 14.4. The van der Waals surface area contributed by atoms with Crippen LogP contribution in [0, 0.1) is 5.92 Å². The molecule has 0 aromatic heterocycles. The summed E-state index contributed by atoms with van der Waals surface area (Å²) in [7, 11) is 0. The number of carboxylic acids is 2. The van der Waals surface area contributed by atoms with Crippen molar-refractivity contribution in [3.63, 3.8) is 0 Å². The Balaban J connectivity index is 2.12. The average molecular weight is 340 g/mol. The molecule has 1 saturated heterocycles. The van der Waals surface area contributed by atoms with Gasteiger partial charge in [0.2, 0.25) is 5.91 Å². The number of nitrogens with zero attached hydrogens (tertiary/aromatic N) is 1. The Morgan fingerprint density at radius 2 is 1.88 bits per heavy atom. The number of likely N-dealkylation sites (tertiary alicyclic amines) is 1. The van der Waals surface area contributed by atoms with E-state index in [2.05, 4.69) is 5.32 Å². The highest BCUT2D eigenvalue weighted by molar-refractivity contribution is 5.88. The molecule has 0 bridgehead atoms. The molecule has 2 fully saturated rings. The van der Waals surface area contributed by atoms with Crippen molar-refractivity contribution in [2.75, 3.05) is 0 Å². The lowest BCUT2D eigenvalue weighted by molar-refractivity contribution is -0.151. The topological polar surface area (TPSA) is 107 Å². The summed E-state index contributed by atoms with van der Waals surface area (Å²) >= 11 is 0. The van der Waals surface area contributed by atoms with Gasteiger partial charge in [-0.2, -0.15) is 0 Å². The smallest absolute Gasteiger partial charge is 0.326 e. The van der Waals surface area contributed by atoms with Crippen LogP contribution in [-0.4, -0.2) is 57.1 Å². The van der Waals surface area contributed by atoms with E-state index in [1.807, 2.05) is 6.92 Å². The third-order valence-electron chi connectivity index (χ3n) is 5.32. The molecule has 7 nitrogen and oxygen atoms in total. The molecule has 0 unspecified atom stereocenters. The highest BCUT2D eigenvalue weighted by atomic mass is 16.4. The maximum Gasteiger partial charge on any atom is 0.326 e. The van der Waals surface area contributed by atoms with Crippen LogP contribution < -0.4 is 5.32 Å². The molecule has 1 amide bonds. The number of carboxylic acid groups (broad SMARTS) is 2. The van der Waals surface area contributed by atoms with E-state index in [1.54, 1.807) is 6.92 Å². The van der Waals surface area contributed by atoms with Crippen molar-refractivity contribution < 1.29 is 24.6 Å². The minimum absolute atomic E-state index is 0.0222. The molecule has 1 saturated carbocycles. The van der Waals surface area contributed by atoms with Gasteiger partial charge in [0.25, 0.3) is 0 Å². The molecule has 136 valence electrons. The minimum atomic E-state index is -0.983. The Morgan fingerprint density at radius 3 is 2.46 bits per heavy atom. The van der Waals surface area contributed by atoms with Crippen LogP contribution in [0.2, 0.25) is 0 Å². The van der Waals surface area contributed by atoms with Gasteiger partial charge in [-0.05, 0) is 38.5 Å². The summed E-state index contributed by atoms with van der Waals surface area (Å²) in [5.74, 6) is -1.99. The predicted octanol–water partition coefficient (Wildman–Crippen LogP) is 1.46. The maximum absolute atomic E-state index is 12.9. The van der Waals surface area contributed by atoms with E-state index in [-0.39, 0.29) is 17.9 Å². The van der Waals surface area contributed by atoms with Gasteiger partial charge < -0.3 is 15.1 Å². The Hall–Kier alpha value is -1.63. The fourth-order valence-corrected chi connectivity index (χ4v) is 4.16. The number of rotatable bonds is 7. The molecule has 0 aromatic rings. The molecule has 1 aliphatic heterocycles. The van der Waals surface area contributed by atoms with Crippen molar-refractivity contribution >= 4 is 17.8 Å². The zero-order valence-corrected chi connectivity index (χ0v) is 14.4. The van der Waals surface area contributed by atoms with Gasteiger partial charge in [0, 0.05) is 6.04 Å². The quantitative estimate of drug-likeness (QED) is 0.648. The van der Waals surface area contributed by atoms with Gasteiger partial charge in [-0.1, -0.05) is 26.2 Å². The molecule has 7 heteroatoms. The molecule has 5 atom stereocenters. The summed E-state index contributed by atoms with van der Waals surface area (Å²) in [6.45, 7) is 3.51.